The van der Waals surface area contributed by atoms with E-state index in [1.165, 1.54) is 35.9 Å². The van der Waals surface area contributed by atoms with Gasteiger partial charge in [-0.2, -0.15) is 0 Å². The highest BCUT2D eigenvalue weighted by Gasteiger charge is 2.22. The van der Waals surface area contributed by atoms with Gasteiger partial charge in [-0.15, -0.1) is 10.2 Å². The summed E-state index contributed by atoms with van der Waals surface area (Å²) in [5.74, 6) is 0.514. The van der Waals surface area contributed by atoms with Crippen LogP contribution in [0.15, 0.2) is 22.7 Å². The second kappa shape index (κ2) is 5.34. The van der Waals surface area contributed by atoms with Gasteiger partial charge in [0.05, 0.1) is 11.4 Å². The molecular formula is C12H14N4OS2. The highest BCUT2D eigenvalue weighted by Crippen LogP contribution is 2.30. The lowest BCUT2D eigenvalue weighted by Gasteiger charge is -2.00. The van der Waals surface area contributed by atoms with Crippen molar-refractivity contribution in [2.75, 3.05) is 11.1 Å². The van der Waals surface area contributed by atoms with Crippen LogP contribution in [0.5, 0.6) is 0 Å². The Balaban J connectivity index is 1.55. The number of aromatic nitrogens is 3. The van der Waals surface area contributed by atoms with Crippen LogP contribution in [-0.2, 0) is 7.05 Å². The zero-order chi connectivity index (χ0) is 13.2. The molecule has 2 aromatic heterocycles. The zero-order valence-corrected chi connectivity index (χ0v) is 12.1. The monoisotopic (exact) mass is 294 g/mol. The minimum atomic E-state index is 0.115. The van der Waals surface area contributed by atoms with Gasteiger partial charge < -0.3 is 9.88 Å². The van der Waals surface area contributed by atoms with Gasteiger partial charge in [-0.3, -0.25) is 4.79 Å². The SMILES string of the molecule is Cn1cccc1C(=O)CSc1nnc(NC2CC2)s1. The summed E-state index contributed by atoms with van der Waals surface area (Å²) >= 11 is 2.96. The summed E-state index contributed by atoms with van der Waals surface area (Å²) in [5.41, 5.74) is 0.730. The number of aryl methyl sites for hydroxylation is 1. The average Bonchev–Trinajstić information content (AvgIpc) is 2.91. The minimum Gasteiger partial charge on any atom is -0.357 e. The van der Waals surface area contributed by atoms with Crippen molar-refractivity contribution in [3.05, 3.63) is 24.0 Å². The normalized spacial score (nSPS) is 14.6. The maximum absolute atomic E-state index is 12.0. The first-order valence-corrected chi connectivity index (χ1v) is 7.90. The molecule has 0 amide bonds. The number of nitrogens with one attached hydrogen (secondary N) is 1. The van der Waals surface area contributed by atoms with Crippen LogP contribution in [-0.4, -0.2) is 32.3 Å². The van der Waals surface area contributed by atoms with Crippen molar-refractivity contribution in [1.29, 1.82) is 0 Å². The van der Waals surface area contributed by atoms with Gasteiger partial charge in [0, 0.05) is 19.3 Å². The fraction of sp³-hybridized carbons (Fsp3) is 0.417. The van der Waals surface area contributed by atoms with Crippen molar-refractivity contribution in [3.63, 3.8) is 0 Å². The van der Waals surface area contributed by atoms with Crippen LogP contribution in [0.4, 0.5) is 5.13 Å². The van der Waals surface area contributed by atoms with Crippen LogP contribution < -0.4 is 5.32 Å². The van der Waals surface area contributed by atoms with Gasteiger partial charge in [-0.25, -0.2) is 0 Å². The Labute approximate surface area is 119 Å². The molecule has 2 aromatic rings. The number of anilines is 1. The third kappa shape index (κ3) is 3.16. The van der Waals surface area contributed by atoms with Crippen molar-refractivity contribution in [3.8, 4) is 0 Å². The van der Waals surface area contributed by atoms with E-state index in [2.05, 4.69) is 15.5 Å². The number of carbonyl (C=O) groups excluding carboxylic acids is 1. The highest BCUT2D eigenvalue weighted by atomic mass is 32.2. The number of ketones is 1. The van der Waals surface area contributed by atoms with Crippen LogP contribution >= 0.6 is 23.1 Å². The van der Waals surface area contributed by atoms with Gasteiger partial charge in [0.2, 0.25) is 5.13 Å². The first-order valence-electron chi connectivity index (χ1n) is 6.10. The molecule has 1 fully saturated rings. The molecule has 7 heteroatoms. The zero-order valence-electron chi connectivity index (χ0n) is 10.5. The molecule has 0 spiro atoms. The van der Waals surface area contributed by atoms with Crippen molar-refractivity contribution in [2.24, 2.45) is 7.05 Å². The Kier molecular flexibility index (Phi) is 3.56. The van der Waals surface area contributed by atoms with Gasteiger partial charge in [0.1, 0.15) is 0 Å². The topological polar surface area (TPSA) is 59.8 Å². The number of rotatable bonds is 6. The maximum atomic E-state index is 12.0. The van der Waals surface area contributed by atoms with Crippen molar-refractivity contribution < 1.29 is 4.79 Å². The maximum Gasteiger partial charge on any atom is 0.206 e. The lowest BCUT2D eigenvalue weighted by atomic mass is 10.3. The molecule has 19 heavy (non-hydrogen) atoms. The van der Waals surface area contributed by atoms with E-state index < -0.39 is 0 Å². The van der Waals surface area contributed by atoms with Crippen molar-refractivity contribution in [2.45, 2.75) is 23.2 Å². The summed E-state index contributed by atoms with van der Waals surface area (Å²) in [7, 11) is 1.88. The number of hydrogen-bond acceptors (Lipinski definition) is 6. The molecule has 0 atom stereocenters. The molecule has 100 valence electrons. The van der Waals surface area contributed by atoms with E-state index in [-0.39, 0.29) is 5.78 Å². The van der Waals surface area contributed by atoms with Gasteiger partial charge >= 0.3 is 0 Å². The fourth-order valence-electron chi connectivity index (χ4n) is 1.68. The smallest absolute Gasteiger partial charge is 0.206 e. The number of nitrogens with zero attached hydrogens (tertiary/aromatic N) is 3. The molecule has 0 radical (unpaired) electrons. The summed E-state index contributed by atoms with van der Waals surface area (Å²) < 4.78 is 2.68. The summed E-state index contributed by atoms with van der Waals surface area (Å²) in [6, 6.07) is 4.29. The van der Waals surface area contributed by atoms with Gasteiger partial charge in [0.15, 0.2) is 10.1 Å². The largest absolute Gasteiger partial charge is 0.357 e. The first kappa shape index (κ1) is 12.7. The molecule has 1 aliphatic rings. The van der Waals surface area contributed by atoms with E-state index in [4.69, 9.17) is 0 Å². The number of carbonyl (C=O) groups is 1. The van der Waals surface area contributed by atoms with E-state index >= 15 is 0 Å². The van der Waals surface area contributed by atoms with Gasteiger partial charge in [-0.05, 0) is 25.0 Å². The van der Waals surface area contributed by atoms with Crippen LogP contribution in [0.3, 0.4) is 0 Å². The van der Waals surface area contributed by atoms with Crippen molar-refractivity contribution >= 4 is 34.0 Å². The summed E-state index contributed by atoms with van der Waals surface area (Å²) in [6.07, 6.45) is 4.31. The van der Waals surface area contributed by atoms with Crippen LogP contribution in [0.25, 0.3) is 0 Å². The molecule has 1 aliphatic carbocycles. The molecule has 0 saturated heterocycles. The molecule has 0 unspecified atom stereocenters. The predicted octanol–water partition coefficient (Wildman–Crippen LogP) is 2.43. The van der Waals surface area contributed by atoms with E-state index in [1.807, 2.05) is 29.9 Å². The Hall–Kier alpha value is -1.34. The van der Waals surface area contributed by atoms with Crippen LogP contribution in [0, 0.1) is 0 Å². The lowest BCUT2D eigenvalue weighted by Crippen LogP contribution is -2.07. The minimum absolute atomic E-state index is 0.115. The average molecular weight is 294 g/mol. The molecule has 5 nitrogen and oxygen atoms in total. The third-order valence-corrected chi connectivity index (χ3v) is 4.86. The van der Waals surface area contributed by atoms with E-state index in [0.717, 1.165) is 15.2 Å². The van der Waals surface area contributed by atoms with Gasteiger partial charge in [0.25, 0.3) is 0 Å². The first-order chi connectivity index (χ1) is 9.22. The molecule has 0 bridgehead atoms. The van der Waals surface area contributed by atoms with E-state index in [9.17, 15) is 4.79 Å². The standard InChI is InChI=1S/C12H14N4OS2/c1-16-6-2-3-9(16)10(17)7-18-12-15-14-11(19-12)13-8-4-5-8/h2-3,6,8H,4-5,7H2,1H3,(H,13,14). The number of thioether (sulfide) groups is 1. The Morgan fingerprint density at radius 3 is 3.11 bits per heavy atom. The van der Waals surface area contributed by atoms with Gasteiger partial charge in [-0.1, -0.05) is 23.1 Å². The van der Waals surface area contributed by atoms with Crippen LogP contribution in [0.1, 0.15) is 23.3 Å². The molecule has 0 aliphatic heterocycles. The quantitative estimate of drug-likeness (QED) is 0.655. The van der Waals surface area contributed by atoms with E-state index in [0.29, 0.717) is 11.8 Å². The summed E-state index contributed by atoms with van der Waals surface area (Å²) in [5, 5.41) is 12.3. The lowest BCUT2D eigenvalue weighted by molar-refractivity contribution is 0.101. The van der Waals surface area contributed by atoms with Crippen LogP contribution in [0.2, 0.25) is 0 Å². The molecule has 2 heterocycles. The molecule has 1 N–H and O–H groups in total. The molecule has 3 rings (SSSR count). The predicted molar refractivity (Wildman–Crippen MR) is 77.0 cm³/mol. The summed E-state index contributed by atoms with van der Waals surface area (Å²) in [4.78, 5) is 12.0. The fourth-order valence-corrected chi connectivity index (χ4v) is 3.39. The van der Waals surface area contributed by atoms with Crippen molar-refractivity contribution in [1.82, 2.24) is 14.8 Å². The second-order valence-corrected chi connectivity index (χ2v) is 6.71. The Morgan fingerprint density at radius 2 is 2.42 bits per heavy atom. The third-order valence-electron chi connectivity index (χ3n) is 2.87. The number of hydrogen-bond donors (Lipinski definition) is 1. The highest BCUT2D eigenvalue weighted by molar-refractivity contribution is 8.01. The summed E-state index contributed by atoms with van der Waals surface area (Å²) in [6.45, 7) is 0. The second-order valence-electron chi connectivity index (χ2n) is 4.51. The number of Topliss-reactive ketones (excluding diaryl/α,β-unsaturated/α-hetero) is 1. The molecule has 1 saturated carbocycles. The van der Waals surface area contributed by atoms with E-state index in [1.54, 1.807) is 0 Å². The molecular weight excluding hydrogens is 280 g/mol. The Bertz CT molecular complexity index is 588. The molecule has 0 aromatic carbocycles. The Morgan fingerprint density at radius 1 is 1.58 bits per heavy atom.